The van der Waals surface area contributed by atoms with Crippen LogP contribution in [-0.4, -0.2) is 14.1 Å². The van der Waals surface area contributed by atoms with Crippen molar-refractivity contribution in [3.05, 3.63) is 50.1 Å². The number of rotatable bonds is 7. The number of para-hydroxylation sites is 1. The van der Waals surface area contributed by atoms with Gasteiger partial charge >= 0.3 is 5.69 Å². The van der Waals surface area contributed by atoms with Crippen molar-refractivity contribution < 1.29 is 0 Å². The summed E-state index contributed by atoms with van der Waals surface area (Å²) < 4.78 is 2.98. The van der Waals surface area contributed by atoms with E-state index in [1.54, 1.807) is 0 Å². The maximum Gasteiger partial charge on any atom is 0.352 e. The van der Waals surface area contributed by atoms with Crippen molar-refractivity contribution in [1.82, 2.24) is 14.1 Å². The Hall–Kier alpha value is -2.14. The monoisotopic (exact) mass is 373 g/mol. The van der Waals surface area contributed by atoms with E-state index in [0.717, 1.165) is 28.3 Å². The number of pyridine rings is 1. The molecule has 0 fully saturated rings. The Bertz CT molecular complexity index is 1010. The average molecular weight is 374 g/mol. The van der Waals surface area contributed by atoms with Crippen LogP contribution in [0.3, 0.4) is 0 Å². The number of benzene rings is 1. The Morgan fingerprint density at radius 3 is 2.50 bits per heavy atom. The Morgan fingerprint density at radius 1 is 1.04 bits per heavy atom. The molecule has 0 spiro atoms. The van der Waals surface area contributed by atoms with Crippen LogP contribution in [0, 0.1) is 0 Å². The minimum absolute atomic E-state index is 0.318. The van der Waals surface area contributed by atoms with Crippen molar-refractivity contribution in [3.8, 4) is 11.4 Å². The summed E-state index contributed by atoms with van der Waals surface area (Å²) in [4.78, 5) is 28.9. The standard InChI is InChI=1S/C20H24ClN3O2/c1-3-4-5-6-7-10-13-24-15-12-9-8-11-14(15)17(21)16-18(24)22-20(26)23(2)19(16)25/h8-9,11-12H,3-7,10,13H2,1-2H3. The van der Waals surface area contributed by atoms with Crippen molar-refractivity contribution >= 4 is 22.5 Å². The Labute approximate surface area is 157 Å². The van der Waals surface area contributed by atoms with Gasteiger partial charge in [-0.3, -0.25) is 9.36 Å². The second kappa shape index (κ2) is 8.04. The van der Waals surface area contributed by atoms with Gasteiger partial charge in [0.15, 0.2) is 5.82 Å². The molecule has 0 N–H and O–H groups in total. The van der Waals surface area contributed by atoms with E-state index in [9.17, 15) is 9.59 Å². The number of hydrogen-bond donors (Lipinski definition) is 0. The van der Waals surface area contributed by atoms with Gasteiger partial charge in [-0.1, -0.05) is 68.8 Å². The van der Waals surface area contributed by atoms with Crippen LogP contribution in [0.2, 0.25) is 5.02 Å². The Balaban J connectivity index is 2.09. The molecule has 0 saturated carbocycles. The first kappa shape index (κ1) is 18.6. The fourth-order valence-corrected chi connectivity index (χ4v) is 3.70. The minimum Gasteiger partial charge on any atom is -0.325 e. The molecule has 6 heteroatoms. The van der Waals surface area contributed by atoms with Crippen molar-refractivity contribution in [2.24, 2.45) is 7.05 Å². The second-order valence-electron chi connectivity index (χ2n) is 6.71. The highest BCUT2D eigenvalue weighted by Gasteiger charge is 2.22. The second-order valence-corrected chi connectivity index (χ2v) is 7.09. The van der Waals surface area contributed by atoms with Crippen molar-refractivity contribution in [3.63, 3.8) is 0 Å². The molecule has 2 aliphatic heterocycles. The summed E-state index contributed by atoms with van der Waals surface area (Å²) in [6, 6.07) is 7.69. The molecule has 1 aromatic carbocycles. The lowest BCUT2D eigenvalue weighted by atomic mass is 10.1. The largest absolute Gasteiger partial charge is 0.352 e. The highest BCUT2D eigenvalue weighted by Crippen LogP contribution is 2.33. The zero-order valence-electron chi connectivity index (χ0n) is 15.3. The number of fused-ring (bicyclic) bond motifs is 2. The molecule has 138 valence electrons. The van der Waals surface area contributed by atoms with Gasteiger partial charge < -0.3 is 4.57 Å². The molecular formula is C20H24ClN3O2. The summed E-state index contributed by atoms with van der Waals surface area (Å²) >= 11 is 6.53. The Kier molecular flexibility index (Phi) is 5.77. The predicted octanol–water partition coefficient (Wildman–Crippen LogP) is 4.21. The molecule has 0 radical (unpaired) electrons. The fourth-order valence-electron chi connectivity index (χ4n) is 3.38. The third-order valence-corrected chi connectivity index (χ3v) is 5.26. The summed E-state index contributed by atoms with van der Waals surface area (Å²) in [6.07, 6.45) is 7.01. The highest BCUT2D eigenvalue weighted by molar-refractivity contribution is 6.38. The first-order valence-electron chi connectivity index (χ1n) is 9.24. The summed E-state index contributed by atoms with van der Waals surface area (Å²) in [7, 11) is 1.43. The maximum atomic E-state index is 12.6. The minimum atomic E-state index is -0.550. The summed E-state index contributed by atoms with van der Waals surface area (Å²) in [5, 5.41) is 1.17. The summed E-state index contributed by atoms with van der Waals surface area (Å²) in [5.41, 5.74) is 0.273. The molecule has 0 atom stereocenters. The first-order valence-corrected chi connectivity index (χ1v) is 9.61. The van der Waals surface area contributed by atoms with Gasteiger partial charge in [0.25, 0.3) is 5.56 Å². The van der Waals surface area contributed by atoms with Crippen molar-refractivity contribution in [2.45, 2.75) is 52.0 Å². The van der Waals surface area contributed by atoms with Crippen LogP contribution >= 0.6 is 11.6 Å². The van der Waals surface area contributed by atoms with Crippen LogP contribution in [-0.2, 0) is 13.6 Å². The van der Waals surface area contributed by atoms with Gasteiger partial charge in [-0.2, -0.15) is 4.98 Å². The van der Waals surface area contributed by atoms with Gasteiger partial charge in [0.2, 0.25) is 0 Å². The molecule has 3 rings (SSSR count). The lowest BCUT2D eigenvalue weighted by Crippen LogP contribution is -2.36. The maximum absolute atomic E-state index is 12.6. The van der Waals surface area contributed by atoms with Crippen molar-refractivity contribution in [1.29, 1.82) is 0 Å². The molecule has 5 nitrogen and oxygen atoms in total. The third kappa shape index (κ3) is 3.40. The quantitative estimate of drug-likeness (QED) is 0.460. The van der Waals surface area contributed by atoms with E-state index in [1.807, 2.05) is 28.8 Å². The van der Waals surface area contributed by atoms with Crippen LogP contribution in [0.4, 0.5) is 0 Å². The number of aryl methyl sites for hydroxylation is 1. The topological polar surface area (TPSA) is 56.9 Å². The molecule has 1 aromatic rings. The SMILES string of the molecule is CCCCCCCCn1c2nc(=O)n(C)c(=O)c-2c(Cl)c2ccccc21. The van der Waals surface area contributed by atoms with Crippen LogP contribution in [0.1, 0.15) is 45.4 Å². The zero-order chi connectivity index (χ0) is 18.7. The van der Waals surface area contributed by atoms with Crippen LogP contribution < -0.4 is 11.2 Å². The van der Waals surface area contributed by atoms with Crippen molar-refractivity contribution in [2.75, 3.05) is 0 Å². The number of hydrogen-bond acceptors (Lipinski definition) is 3. The van der Waals surface area contributed by atoms with E-state index in [-0.39, 0.29) is 0 Å². The summed E-state index contributed by atoms with van der Waals surface area (Å²) in [5.74, 6) is 0.385. The average Bonchev–Trinajstić information content (AvgIpc) is 2.64. The van der Waals surface area contributed by atoms with E-state index >= 15 is 0 Å². The molecule has 26 heavy (non-hydrogen) atoms. The first-order chi connectivity index (χ1) is 12.6. The van der Waals surface area contributed by atoms with Gasteiger partial charge in [-0.15, -0.1) is 0 Å². The van der Waals surface area contributed by atoms with E-state index < -0.39 is 11.2 Å². The number of unbranched alkanes of at least 4 members (excludes halogenated alkanes) is 5. The molecule has 0 amide bonds. The predicted molar refractivity (Wildman–Crippen MR) is 106 cm³/mol. The molecule has 2 heterocycles. The lowest BCUT2D eigenvalue weighted by Gasteiger charge is -2.19. The van der Waals surface area contributed by atoms with Crippen LogP contribution in [0.15, 0.2) is 33.9 Å². The lowest BCUT2D eigenvalue weighted by molar-refractivity contribution is 0.562. The van der Waals surface area contributed by atoms with Crippen LogP contribution in [0.25, 0.3) is 22.3 Å². The highest BCUT2D eigenvalue weighted by atomic mass is 35.5. The van der Waals surface area contributed by atoms with E-state index in [4.69, 9.17) is 11.6 Å². The molecular weight excluding hydrogens is 350 g/mol. The fraction of sp³-hybridized carbons (Fsp3) is 0.450. The smallest absolute Gasteiger partial charge is 0.325 e. The number of aromatic nitrogens is 3. The third-order valence-electron chi connectivity index (χ3n) is 4.87. The Morgan fingerprint density at radius 2 is 1.73 bits per heavy atom. The molecule has 0 aliphatic carbocycles. The van der Waals surface area contributed by atoms with Gasteiger partial charge in [0, 0.05) is 19.0 Å². The molecule has 0 saturated heterocycles. The number of nitrogens with zero attached hydrogens (tertiary/aromatic N) is 3. The van der Waals surface area contributed by atoms with E-state index in [2.05, 4.69) is 11.9 Å². The molecule has 0 bridgehead atoms. The van der Waals surface area contributed by atoms with Crippen LogP contribution in [0.5, 0.6) is 0 Å². The van der Waals surface area contributed by atoms with E-state index in [0.29, 0.717) is 23.0 Å². The van der Waals surface area contributed by atoms with Gasteiger partial charge in [-0.05, 0) is 12.5 Å². The molecule has 0 aromatic heterocycles. The van der Waals surface area contributed by atoms with Gasteiger partial charge in [0.1, 0.15) is 5.56 Å². The molecule has 0 unspecified atom stereocenters. The van der Waals surface area contributed by atoms with Gasteiger partial charge in [-0.25, -0.2) is 4.79 Å². The zero-order valence-corrected chi connectivity index (χ0v) is 16.1. The van der Waals surface area contributed by atoms with E-state index in [1.165, 1.54) is 32.7 Å². The van der Waals surface area contributed by atoms with Gasteiger partial charge in [0.05, 0.1) is 10.5 Å². The normalized spacial score (nSPS) is 11.5. The summed E-state index contributed by atoms with van der Waals surface area (Å²) in [6.45, 7) is 2.91. The molecule has 2 aliphatic rings. The number of halogens is 1.